The van der Waals surface area contributed by atoms with Gasteiger partial charge in [-0.25, -0.2) is 4.68 Å². The molecule has 1 aromatic heterocycles. The van der Waals surface area contributed by atoms with Gasteiger partial charge in [-0.3, -0.25) is 4.79 Å². The van der Waals surface area contributed by atoms with Crippen LogP contribution in [0.2, 0.25) is 0 Å². The number of carbonyl (C=O) groups is 1. The van der Waals surface area contributed by atoms with Gasteiger partial charge in [0.2, 0.25) is 11.1 Å². The monoisotopic (exact) mass is 375 g/mol. The highest BCUT2D eigenvalue weighted by molar-refractivity contribution is 7.99. The molecule has 0 saturated heterocycles. The number of methoxy groups -OCH3 is 1. The van der Waals surface area contributed by atoms with E-state index in [9.17, 15) is 4.79 Å². The van der Waals surface area contributed by atoms with E-state index in [0.717, 1.165) is 24.2 Å². The molecule has 1 aromatic carbocycles. The molecular weight excluding hydrogens is 350 g/mol. The largest absolute Gasteiger partial charge is 0.497 e. The Morgan fingerprint density at radius 1 is 1.31 bits per heavy atom. The van der Waals surface area contributed by atoms with Gasteiger partial charge in [0, 0.05) is 12.6 Å². The summed E-state index contributed by atoms with van der Waals surface area (Å²) in [5.74, 6) is 1.28. The van der Waals surface area contributed by atoms with E-state index in [1.54, 1.807) is 11.8 Å². The van der Waals surface area contributed by atoms with Crippen molar-refractivity contribution in [1.82, 2.24) is 25.1 Å². The molecular formula is C18H25N5O2S. The zero-order valence-corrected chi connectivity index (χ0v) is 16.5. The first-order valence-electron chi connectivity index (χ1n) is 8.72. The maximum atomic E-state index is 12.8. The summed E-state index contributed by atoms with van der Waals surface area (Å²) in [4.78, 5) is 14.8. The van der Waals surface area contributed by atoms with Crippen LogP contribution in [0.25, 0.3) is 0 Å². The summed E-state index contributed by atoms with van der Waals surface area (Å²) in [6.45, 7) is 6.73. The molecule has 140 valence electrons. The molecule has 0 bridgehead atoms. The molecule has 0 N–H and O–H groups in total. The number of ether oxygens (including phenoxy) is 1. The molecule has 1 saturated carbocycles. The van der Waals surface area contributed by atoms with Gasteiger partial charge in [0.1, 0.15) is 5.75 Å². The number of aromatic nitrogens is 4. The topological polar surface area (TPSA) is 73.1 Å². The van der Waals surface area contributed by atoms with Crippen LogP contribution in [0.4, 0.5) is 0 Å². The summed E-state index contributed by atoms with van der Waals surface area (Å²) in [5, 5.41) is 12.5. The van der Waals surface area contributed by atoms with Crippen LogP contribution in [-0.4, -0.2) is 49.9 Å². The van der Waals surface area contributed by atoms with E-state index in [1.165, 1.54) is 11.8 Å². The number of carbonyl (C=O) groups excluding carboxylic acids is 1. The summed E-state index contributed by atoms with van der Waals surface area (Å²) in [6.07, 6.45) is 2.15. The highest BCUT2D eigenvalue weighted by Gasteiger charge is 2.33. The number of tetrazole rings is 1. The van der Waals surface area contributed by atoms with Crippen LogP contribution in [0.15, 0.2) is 29.4 Å². The van der Waals surface area contributed by atoms with Crippen LogP contribution >= 0.6 is 11.8 Å². The van der Waals surface area contributed by atoms with Crippen LogP contribution in [0.1, 0.15) is 39.2 Å². The lowest BCUT2D eigenvalue weighted by atomic mass is 10.1. The van der Waals surface area contributed by atoms with Gasteiger partial charge in [-0.05, 0) is 61.7 Å². The summed E-state index contributed by atoms with van der Waals surface area (Å²) < 4.78 is 6.95. The van der Waals surface area contributed by atoms with E-state index < -0.39 is 0 Å². The Bertz CT molecular complexity index is 750. The summed E-state index contributed by atoms with van der Waals surface area (Å²) in [5.41, 5.74) is 0.893. The van der Waals surface area contributed by atoms with Gasteiger partial charge in [-0.2, -0.15) is 0 Å². The number of benzene rings is 1. The highest BCUT2D eigenvalue weighted by atomic mass is 32.2. The van der Waals surface area contributed by atoms with Crippen molar-refractivity contribution >= 4 is 17.7 Å². The summed E-state index contributed by atoms with van der Waals surface area (Å²) >= 11 is 1.39. The highest BCUT2D eigenvalue weighted by Crippen LogP contribution is 2.30. The minimum atomic E-state index is -0.214. The number of thioether (sulfide) groups is 1. The normalized spacial score (nSPS) is 14.3. The van der Waals surface area contributed by atoms with Gasteiger partial charge >= 0.3 is 0 Å². The average Bonchev–Trinajstić information content (AvgIpc) is 3.33. The third kappa shape index (κ3) is 4.55. The second kappa shape index (κ2) is 7.65. The predicted octanol–water partition coefficient (Wildman–Crippen LogP) is 2.72. The SMILES string of the molecule is COc1ccc(CN(C(=O)CSc2nnnn2C(C)(C)C)C2CC2)cc1. The van der Waals surface area contributed by atoms with Crippen LogP contribution < -0.4 is 4.74 Å². The molecule has 1 aliphatic carbocycles. The van der Waals surface area contributed by atoms with Crippen molar-refractivity contribution in [3.63, 3.8) is 0 Å². The van der Waals surface area contributed by atoms with E-state index in [1.807, 2.05) is 49.9 Å². The maximum absolute atomic E-state index is 12.8. The second-order valence-corrected chi connectivity index (χ2v) is 8.38. The van der Waals surface area contributed by atoms with Crippen molar-refractivity contribution < 1.29 is 9.53 Å². The fourth-order valence-corrected chi connectivity index (χ4v) is 3.58. The number of hydrogen-bond acceptors (Lipinski definition) is 6. The fourth-order valence-electron chi connectivity index (χ4n) is 2.63. The molecule has 26 heavy (non-hydrogen) atoms. The van der Waals surface area contributed by atoms with Crippen molar-refractivity contribution in [2.24, 2.45) is 0 Å². The first kappa shape index (κ1) is 18.7. The average molecular weight is 375 g/mol. The van der Waals surface area contributed by atoms with Gasteiger partial charge in [-0.15, -0.1) is 5.10 Å². The Labute approximate surface area is 158 Å². The fraction of sp³-hybridized carbons (Fsp3) is 0.556. The Morgan fingerprint density at radius 3 is 2.58 bits per heavy atom. The molecule has 0 aliphatic heterocycles. The van der Waals surface area contributed by atoms with Gasteiger partial charge in [-0.1, -0.05) is 23.9 Å². The van der Waals surface area contributed by atoms with Gasteiger partial charge in [0.25, 0.3) is 0 Å². The molecule has 1 amide bonds. The van der Waals surface area contributed by atoms with Crippen LogP contribution in [0, 0.1) is 0 Å². The smallest absolute Gasteiger partial charge is 0.233 e. The van der Waals surface area contributed by atoms with Crippen molar-refractivity contribution in [3.8, 4) is 5.75 Å². The third-order valence-corrected chi connectivity index (χ3v) is 5.13. The quantitative estimate of drug-likeness (QED) is 0.693. The predicted molar refractivity (Wildman–Crippen MR) is 100 cm³/mol. The zero-order chi connectivity index (χ0) is 18.7. The lowest BCUT2D eigenvalue weighted by Crippen LogP contribution is -2.34. The van der Waals surface area contributed by atoms with E-state index in [0.29, 0.717) is 23.5 Å². The lowest BCUT2D eigenvalue weighted by Gasteiger charge is -2.23. The van der Waals surface area contributed by atoms with E-state index in [4.69, 9.17) is 4.74 Å². The zero-order valence-electron chi connectivity index (χ0n) is 15.7. The Morgan fingerprint density at radius 2 is 2.00 bits per heavy atom. The molecule has 0 atom stereocenters. The molecule has 1 heterocycles. The first-order valence-corrected chi connectivity index (χ1v) is 9.71. The molecule has 8 heteroatoms. The van der Waals surface area contributed by atoms with Crippen LogP contribution in [-0.2, 0) is 16.9 Å². The van der Waals surface area contributed by atoms with E-state index >= 15 is 0 Å². The van der Waals surface area contributed by atoms with Gasteiger partial charge < -0.3 is 9.64 Å². The van der Waals surface area contributed by atoms with Crippen molar-refractivity contribution in [2.45, 2.75) is 56.9 Å². The molecule has 2 aromatic rings. The second-order valence-electron chi connectivity index (χ2n) is 7.43. The van der Waals surface area contributed by atoms with Crippen LogP contribution in [0.5, 0.6) is 5.75 Å². The molecule has 1 fully saturated rings. The van der Waals surface area contributed by atoms with Gasteiger partial charge in [0.15, 0.2) is 0 Å². The Kier molecular flexibility index (Phi) is 5.50. The Balaban J connectivity index is 1.63. The molecule has 7 nitrogen and oxygen atoms in total. The van der Waals surface area contributed by atoms with Crippen molar-refractivity contribution in [2.75, 3.05) is 12.9 Å². The maximum Gasteiger partial charge on any atom is 0.233 e. The Hall–Kier alpha value is -2.09. The standard InChI is InChI=1S/C18H25N5O2S/c1-18(2,3)23-17(19-20-21-23)26-12-16(24)22(14-7-8-14)11-13-5-9-15(25-4)10-6-13/h5-6,9-10,14H,7-8,11-12H2,1-4H3. The van der Waals surface area contributed by atoms with Gasteiger partial charge in [0.05, 0.1) is 18.4 Å². The molecule has 0 radical (unpaired) electrons. The molecule has 0 unspecified atom stereocenters. The minimum absolute atomic E-state index is 0.122. The molecule has 1 aliphatic rings. The summed E-state index contributed by atoms with van der Waals surface area (Å²) in [6, 6.07) is 8.22. The van der Waals surface area contributed by atoms with Crippen molar-refractivity contribution in [1.29, 1.82) is 0 Å². The van der Waals surface area contributed by atoms with E-state index in [-0.39, 0.29) is 11.4 Å². The first-order chi connectivity index (χ1) is 12.4. The summed E-state index contributed by atoms with van der Waals surface area (Å²) in [7, 11) is 1.65. The third-order valence-electron chi connectivity index (χ3n) is 4.22. The van der Waals surface area contributed by atoms with E-state index in [2.05, 4.69) is 15.5 Å². The minimum Gasteiger partial charge on any atom is -0.497 e. The number of nitrogens with zero attached hydrogens (tertiary/aromatic N) is 5. The number of amides is 1. The lowest BCUT2D eigenvalue weighted by molar-refractivity contribution is -0.129. The van der Waals surface area contributed by atoms with Crippen molar-refractivity contribution in [3.05, 3.63) is 29.8 Å². The van der Waals surface area contributed by atoms with Crippen LogP contribution in [0.3, 0.4) is 0 Å². The number of rotatable bonds is 7. The molecule has 3 rings (SSSR count). The molecule has 0 spiro atoms. The number of hydrogen-bond donors (Lipinski definition) is 0.